The number of halogens is 5. The molecule has 0 saturated carbocycles. The third-order valence-corrected chi connectivity index (χ3v) is 5.35. The summed E-state index contributed by atoms with van der Waals surface area (Å²) >= 11 is 6.47. The molecule has 1 atom stereocenters. The van der Waals surface area contributed by atoms with Gasteiger partial charge in [-0.25, -0.2) is 9.38 Å². The number of alkyl halides is 4. The highest BCUT2D eigenvalue weighted by Gasteiger charge is 2.43. The van der Waals surface area contributed by atoms with Crippen LogP contribution in [0.25, 0.3) is 0 Å². The molecule has 0 radical (unpaired) electrons. The van der Waals surface area contributed by atoms with Crippen LogP contribution in [0.5, 0.6) is 0 Å². The maximum Gasteiger partial charge on any atom is 0.421 e. The van der Waals surface area contributed by atoms with Gasteiger partial charge >= 0.3 is 6.18 Å². The predicted molar refractivity (Wildman–Crippen MR) is 97.6 cm³/mol. The second-order valence-electron chi connectivity index (χ2n) is 6.73. The molecule has 0 aromatic carbocycles. The average molecular weight is 424 g/mol. The number of hydrogen-bond donors (Lipinski definition) is 3. The van der Waals surface area contributed by atoms with Gasteiger partial charge in [-0.15, -0.1) is 0 Å². The lowest BCUT2D eigenvalue weighted by molar-refractivity contribution is -0.0872. The highest BCUT2D eigenvalue weighted by atomic mass is 35.5. The zero-order valence-corrected chi connectivity index (χ0v) is 16.0. The van der Waals surface area contributed by atoms with Crippen LogP contribution in [0.15, 0.2) is 23.0 Å². The second kappa shape index (κ2) is 7.88. The Morgan fingerprint density at radius 3 is 2.64 bits per heavy atom. The van der Waals surface area contributed by atoms with Crippen LogP contribution in [0.3, 0.4) is 0 Å². The van der Waals surface area contributed by atoms with Gasteiger partial charge in [0.15, 0.2) is 0 Å². The van der Waals surface area contributed by atoms with E-state index in [-0.39, 0.29) is 16.8 Å². The van der Waals surface area contributed by atoms with Crippen molar-refractivity contribution in [2.24, 2.45) is 10.7 Å². The number of aliphatic imine (C=N–C) groups is 1. The summed E-state index contributed by atoms with van der Waals surface area (Å²) in [7, 11) is 1.33. The van der Waals surface area contributed by atoms with Gasteiger partial charge in [-0.3, -0.25) is 10.4 Å². The quantitative estimate of drug-likeness (QED) is 0.644. The van der Waals surface area contributed by atoms with Crippen molar-refractivity contribution in [3.63, 3.8) is 0 Å². The summed E-state index contributed by atoms with van der Waals surface area (Å²) in [4.78, 5) is 6.03. The molecule has 0 aliphatic carbocycles. The van der Waals surface area contributed by atoms with Crippen LogP contribution in [0.2, 0.25) is 5.15 Å². The highest BCUT2D eigenvalue weighted by molar-refractivity contribution is 6.30. The van der Waals surface area contributed by atoms with Crippen LogP contribution < -0.4 is 16.4 Å². The number of hydrogen-bond acceptors (Lipinski definition) is 6. The summed E-state index contributed by atoms with van der Waals surface area (Å²) in [6.07, 6.45) is -0.934. The fourth-order valence-corrected chi connectivity index (χ4v) is 3.80. The van der Waals surface area contributed by atoms with E-state index in [1.54, 1.807) is 4.68 Å². The number of likely N-dealkylation sites (tertiary alicyclic amines) is 1. The first-order chi connectivity index (χ1) is 13.2. The van der Waals surface area contributed by atoms with Crippen LogP contribution >= 0.6 is 11.6 Å². The lowest BCUT2D eigenvalue weighted by Gasteiger charge is -2.33. The van der Waals surface area contributed by atoms with Crippen molar-refractivity contribution >= 4 is 17.4 Å². The van der Waals surface area contributed by atoms with Crippen LogP contribution in [-0.4, -0.2) is 60.0 Å². The Bertz CT molecular complexity index is 768. The molecule has 1 aromatic heterocycles. The lowest BCUT2D eigenvalue weighted by atomic mass is 10.1. The van der Waals surface area contributed by atoms with Gasteiger partial charge in [0.25, 0.3) is 0 Å². The van der Waals surface area contributed by atoms with Gasteiger partial charge in [0, 0.05) is 32.9 Å². The number of amidine groups is 1. The fourth-order valence-electron chi connectivity index (χ4n) is 3.43. The Labute approximate surface area is 164 Å². The Balaban J connectivity index is 1.82. The minimum absolute atomic E-state index is 0.00155. The highest BCUT2D eigenvalue weighted by Crippen LogP contribution is 2.35. The normalized spacial score (nSPS) is 24.5. The van der Waals surface area contributed by atoms with Crippen molar-refractivity contribution in [1.29, 1.82) is 0 Å². The number of piperidine rings is 1. The van der Waals surface area contributed by atoms with Crippen molar-refractivity contribution < 1.29 is 17.6 Å². The molecule has 156 valence electrons. The maximum atomic E-state index is 13.1. The summed E-state index contributed by atoms with van der Waals surface area (Å²) in [5.74, 6) is -2.07. The average Bonchev–Trinajstić information content (AvgIpc) is 3.04. The van der Waals surface area contributed by atoms with E-state index in [0.717, 1.165) is 19.0 Å². The van der Waals surface area contributed by atoms with E-state index in [0.29, 0.717) is 19.6 Å². The Morgan fingerprint density at radius 1 is 1.39 bits per heavy atom. The monoisotopic (exact) mass is 423 g/mol. The van der Waals surface area contributed by atoms with E-state index in [1.165, 1.54) is 13.2 Å². The smallest absolute Gasteiger partial charge is 0.373 e. The van der Waals surface area contributed by atoms with Gasteiger partial charge in [-0.05, 0) is 12.8 Å². The van der Waals surface area contributed by atoms with Crippen molar-refractivity contribution in [2.45, 2.75) is 30.8 Å². The zero-order valence-electron chi connectivity index (χ0n) is 15.2. The summed E-state index contributed by atoms with van der Waals surface area (Å²) in [5.41, 5.74) is 5.53. The number of likely N-dealkylation sites (N-methyl/N-ethyl adjacent to an activating group) is 1. The molecular weight excluding hydrogens is 402 g/mol. The third-order valence-electron chi connectivity index (χ3n) is 4.97. The Morgan fingerprint density at radius 2 is 2.07 bits per heavy atom. The van der Waals surface area contributed by atoms with Crippen LogP contribution in [0, 0.1) is 0 Å². The van der Waals surface area contributed by atoms with Crippen molar-refractivity contribution in [3.8, 4) is 0 Å². The fraction of sp³-hybridized carbons (Fsp3) is 0.625. The van der Waals surface area contributed by atoms with Gasteiger partial charge in [0.05, 0.1) is 17.8 Å². The molecule has 1 aromatic rings. The molecule has 12 heteroatoms. The van der Waals surface area contributed by atoms with Crippen molar-refractivity contribution in [1.82, 2.24) is 25.3 Å². The Kier molecular flexibility index (Phi) is 5.87. The van der Waals surface area contributed by atoms with Crippen LogP contribution in [-0.2, 0) is 5.79 Å². The van der Waals surface area contributed by atoms with E-state index >= 15 is 0 Å². The van der Waals surface area contributed by atoms with Gasteiger partial charge in [0.2, 0.25) is 5.79 Å². The number of nitrogens with two attached hydrogens (primary N) is 1. The molecule has 0 bridgehead atoms. The van der Waals surface area contributed by atoms with Gasteiger partial charge in [-0.1, -0.05) is 11.6 Å². The molecular formula is C16H22ClF4N7. The number of rotatable bonds is 4. The molecule has 2 aliphatic rings. The van der Waals surface area contributed by atoms with Crippen molar-refractivity contribution in [2.75, 3.05) is 33.4 Å². The molecule has 4 N–H and O–H groups in total. The van der Waals surface area contributed by atoms with Crippen molar-refractivity contribution in [3.05, 3.63) is 28.7 Å². The molecule has 28 heavy (non-hydrogen) atoms. The Hall–Kier alpha value is -1.85. The molecule has 0 spiro atoms. The lowest BCUT2D eigenvalue weighted by Crippen LogP contribution is -2.52. The molecule has 2 aliphatic heterocycles. The molecule has 1 unspecified atom stereocenters. The van der Waals surface area contributed by atoms with E-state index in [2.05, 4.69) is 20.7 Å². The minimum atomic E-state index is -4.59. The van der Waals surface area contributed by atoms with E-state index in [1.807, 2.05) is 4.90 Å². The first-order valence-corrected chi connectivity index (χ1v) is 9.21. The largest absolute Gasteiger partial charge is 0.421 e. The molecule has 1 fully saturated rings. The van der Waals surface area contributed by atoms with E-state index in [4.69, 9.17) is 17.3 Å². The first-order valence-electron chi connectivity index (χ1n) is 8.83. The summed E-state index contributed by atoms with van der Waals surface area (Å²) in [6, 6.07) is -0.00155. The molecule has 3 heterocycles. The molecule has 0 amide bonds. The number of nitrogens with zero attached hydrogens (tertiary/aromatic N) is 4. The van der Waals surface area contributed by atoms with Crippen LogP contribution in [0.4, 0.5) is 17.6 Å². The SMILES string of the molecule is CNC1=NC(N)(c2cnn(C3CCN(CCF)CC3)c2Cl)NC=C1C(F)(F)F. The minimum Gasteiger partial charge on any atom is -0.373 e. The van der Waals surface area contributed by atoms with Crippen LogP contribution in [0.1, 0.15) is 24.4 Å². The molecule has 1 saturated heterocycles. The molecule has 3 rings (SSSR count). The topological polar surface area (TPSA) is 83.5 Å². The predicted octanol–water partition coefficient (Wildman–Crippen LogP) is 1.88. The number of aromatic nitrogens is 2. The second-order valence-corrected chi connectivity index (χ2v) is 7.09. The number of nitrogens with one attached hydrogen (secondary N) is 2. The zero-order chi connectivity index (χ0) is 20.5. The summed E-state index contributed by atoms with van der Waals surface area (Å²) in [5, 5.41) is 9.42. The van der Waals surface area contributed by atoms with Gasteiger partial charge in [-0.2, -0.15) is 18.3 Å². The van der Waals surface area contributed by atoms with Gasteiger partial charge in [0.1, 0.15) is 23.2 Å². The first kappa shape index (κ1) is 20.9. The summed E-state index contributed by atoms with van der Waals surface area (Å²) < 4.78 is 53.4. The standard InChI is InChI=1S/C16H22ClF4N7/c1-23-14-12(15(19,20)21)8-24-16(22,26-14)11-9-25-28(13(11)17)10-2-5-27(6-3-10)7-4-18/h8-10,24H,2-7,22H2,1H3,(H,23,26). The summed E-state index contributed by atoms with van der Waals surface area (Å²) in [6.45, 7) is 1.44. The molecule has 7 nitrogen and oxygen atoms in total. The maximum absolute atomic E-state index is 13.1. The van der Waals surface area contributed by atoms with E-state index in [9.17, 15) is 17.6 Å². The third kappa shape index (κ3) is 3.96. The van der Waals surface area contributed by atoms with E-state index < -0.39 is 30.0 Å². The van der Waals surface area contributed by atoms with Gasteiger partial charge < -0.3 is 15.5 Å².